The Morgan fingerprint density at radius 3 is 2.87 bits per heavy atom. The van der Waals surface area contributed by atoms with Crippen molar-refractivity contribution in [3.8, 4) is 0 Å². The number of fused-ring (bicyclic) bond motifs is 1. The van der Waals surface area contributed by atoms with E-state index in [0.717, 1.165) is 6.42 Å². The van der Waals surface area contributed by atoms with Crippen LogP contribution in [0.4, 0.5) is 4.79 Å². The highest BCUT2D eigenvalue weighted by Crippen LogP contribution is 2.31. The number of rotatable bonds is 2. The van der Waals surface area contributed by atoms with E-state index in [2.05, 4.69) is 5.32 Å². The van der Waals surface area contributed by atoms with Crippen molar-refractivity contribution in [2.45, 2.75) is 24.9 Å². The fourth-order valence-electron chi connectivity index (χ4n) is 1.90. The second-order valence-electron chi connectivity index (χ2n) is 3.81. The molecule has 2 aliphatic rings. The van der Waals surface area contributed by atoms with E-state index in [1.54, 1.807) is 0 Å². The van der Waals surface area contributed by atoms with Gasteiger partial charge in [-0.25, -0.2) is 4.79 Å². The largest absolute Gasteiger partial charge is 0.417 e. The Labute approximate surface area is 87.2 Å². The first-order chi connectivity index (χ1) is 7.33. The highest BCUT2D eigenvalue weighted by molar-refractivity contribution is 5.69. The SMILES string of the molecule is O=C1N[C@@H](Cc2ccccc2)C2OC2O1. The van der Waals surface area contributed by atoms with Gasteiger partial charge in [0, 0.05) is 0 Å². The van der Waals surface area contributed by atoms with E-state index in [0.29, 0.717) is 0 Å². The zero-order valence-electron chi connectivity index (χ0n) is 8.05. The number of alkyl carbamates (subject to hydrolysis) is 1. The van der Waals surface area contributed by atoms with E-state index in [1.807, 2.05) is 30.3 Å². The molecule has 0 saturated carbocycles. The van der Waals surface area contributed by atoms with Gasteiger partial charge in [-0.15, -0.1) is 0 Å². The van der Waals surface area contributed by atoms with Crippen molar-refractivity contribution in [2.24, 2.45) is 0 Å². The summed E-state index contributed by atoms with van der Waals surface area (Å²) in [7, 11) is 0. The maximum absolute atomic E-state index is 11.1. The van der Waals surface area contributed by atoms with E-state index >= 15 is 0 Å². The molecule has 0 aromatic heterocycles. The van der Waals surface area contributed by atoms with Gasteiger partial charge in [0.1, 0.15) is 6.10 Å². The van der Waals surface area contributed by atoms with Crippen molar-refractivity contribution < 1.29 is 14.3 Å². The molecule has 1 amide bonds. The van der Waals surface area contributed by atoms with Crippen LogP contribution in [0.25, 0.3) is 0 Å². The van der Waals surface area contributed by atoms with Gasteiger partial charge in [0.05, 0.1) is 6.04 Å². The summed E-state index contributed by atoms with van der Waals surface area (Å²) in [4.78, 5) is 11.1. The van der Waals surface area contributed by atoms with Crippen LogP contribution in [0.5, 0.6) is 0 Å². The molecule has 3 rings (SSSR count). The lowest BCUT2D eigenvalue weighted by Gasteiger charge is -2.19. The summed E-state index contributed by atoms with van der Waals surface area (Å²) in [6.07, 6.45) is 0.127. The van der Waals surface area contributed by atoms with Crippen molar-refractivity contribution in [2.75, 3.05) is 0 Å². The summed E-state index contributed by atoms with van der Waals surface area (Å²) < 4.78 is 10.1. The highest BCUT2D eigenvalue weighted by Gasteiger charge is 2.52. The third kappa shape index (κ3) is 1.68. The summed E-state index contributed by atoms with van der Waals surface area (Å²) >= 11 is 0. The summed E-state index contributed by atoms with van der Waals surface area (Å²) in [6.45, 7) is 0. The van der Waals surface area contributed by atoms with Crippen LogP contribution in [0.3, 0.4) is 0 Å². The normalized spacial score (nSPS) is 32.5. The van der Waals surface area contributed by atoms with Crippen molar-refractivity contribution in [1.29, 1.82) is 0 Å². The predicted octanol–water partition coefficient (Wildman–Crippen LogP) is 1.06. The maximum Gasteiger partial charge on any atom is 0.409 e. The lowest BCUT2D eigenvalue weighted by Crippen LogP contribution is -2.46. The fourth-order valence-corrected chi connectivity index (χ4v) is 1.90. The number of hydrogen-bond acceptors (Lipinski definition) is 3. The molecular formula is C11H11NO3. The van der Waals surface area contributed by atoms with E-state index in [-0.39, 0.29) is 24.5 Å². The summed E-state index contributed by atoms with van der Waals surface area (Å²) in [5, 5.41) is 2.77. The van der Waals surface area contributed by atoms with Crippen LogP contribution in [0.1, 0.15) is 5.56 Å². The molecule has 1 aromatic rings. The molecule has 1 aromatic carbocycles. The van der Waals surface area contributed by atoms with Gasteiger partial charge in [0.15, 0.2) is 0 Å². The predicted molar refractivity (Wildman–Crippen MR) is 52.2 cm³/mol. The van der Waals surface area contributed by atoms with Crippen molar-refractivity contribution in [3.63, 3.8) is 0 Å². The van der Waals surface area contributed by atoms with Crippen LogP contribution in [0, 0.1) is 0 Å². The third-order valence-electron chi connectivity index (χ3n) is 2.70. The molecule has 2 aliphatic heterocycles. The van der Waals surface area contributed by atoms with E-state index in [4.69, 9.17) is 9.47 Å². The van der Waals surface area contributed by atoms with E-state index in [1.165, 1.54) is 5.56 Å². The molecule has 1 N–H and O–H groups in total. The van der Waals surface area contributed by atoms with Gasteiger partial charge in [-0.1, -0.05) is 30.3 Å². The van der Waals surface area contributed by atoms with Crippen LogP contribution >= 0.6 is 0 Å². The highest BCUT2D eigenvalue weighted by atomic mass is 16.8. The molecule has 0 aliphatic carbocycles. The molecule has 0 spiro atoms. The Hall–Kier alpha value is -1.55. The van der Waals surface area contributed by atoms with Crippen molar-refractivity contribution in [1.82, 2.24) is 5.32 Å². The molecular weight excluding hydrogens is 194 g/mol. The number of nitrogens with one attached hydrogen (secondary N) is 1. The van der Waals surface area contributed by atoms with Crippen LogP contribution in [-0.2, 0) is 15.9 Å². The van der Waals surface area contributed by atoms with Crippen LogP contribution in [-0.4, -0.2) is 24.5 Å². The lowest BCUT2D eigenvalue weighted by molar-refractivity contribution is 0.0885. The molecule has 78 valence electrons. The number of benzene rings is 1. The molecule has 0 radical (unpaired) electrons. The Morgan fingerprint density at radius 1 is 1.27 bits per heavy atom. The summed E-state index contributed by atoms with van der Waals surface area (Å²) in [5.41, 5.74) is 1.19. The minimum absolute atomic E-state index is 0.0305. The standard InChI is InChI=1S/C11H11NO3/c13-11-12-8(9-10(14-9)15-11)6-7-4-2-1-3-5-7/h1-5,8-10H,6H2,(H,12,13)/t8-,9?,10?/m0/s1. The first-order valence-corrected chi connectivity index (χ1v) is 4.99. The van der Waals surface area contributed by atoms with E-state index < -0.39 is 0 Å². The quantitative estimate of drug-likeness (QED) is 0.734. The average molecular weight is 205 g/mol. The lowest BCUT2D eigenvalue weighted by atomic mass is 10.0. The van der Waals surface area contributed by atoms with Crippen LogP contribution in [0.15, 0.2) is 30.3 Å². The zero-order chi connectivity index (χ0) is 10.3. The minimum Gasteiger partial charge on any atom is -0.417 e. The number of hydrogen-bond donors (Lipinski definition) is 1. The Morgan fingerprint density at radius 2 is 2.07 bits per heavy atom. The smallest absolute Gasteiger partial charge is 0.409 e. The van der Waals surface area contributed by atoms with E-state index in [9.17, 15) is 4.79 Å². The van der Waals surface area contributed by atoms with Gasteiger partial charge in [-0.3, -0.25) is 0 Å². The summed E-state index contributed by atoms with van der Waals surface area (Å²) in [5.74, 6) is 0. The van der Waals surface area contributed by atoms with Gasteiger partial charge in [0.2, 0.25) is 6.29 Å². The van der Waals surface area contributed by atoms with Gasteiger partial charge in [0.25, 0.3) is 0 Å². The monoisotopic (exact) mass is 205 g/mol. The van der Waals surface area contributed by atoms with Crippen molar-refractivity contribution >= 4 is 6.09 Å². The molecule has 4 nitrogen and oxygen atoms in total. The molecule has 2 heterocycles. The number of ether oxygens (including phenoxy) is 2. The summed E-state index contributed by atoms with van der Waals surface area (Å²) in [6, 6.07) is 10.1. The second kappa shape index (κ2) is 3.24. The number of carbonyl (C=O) groups is 1. The molecule has 3 atom stereocenters. The fraction of sp³-hybridized carbons (Fsp3) is 0.364. The number of amides is 1. The Kier molecular flexibility index (Phi) is 1.89. The second-order valence-corrected chi connectivity index (χ2v) is 3.81. The molecule has 2 unspecified atom stereocenters. The Balaban J connectivity index is 1.71. The maximum atomic E-state index is 11.1. The average Bonchev–Trinajstić information content (AvgIpc) is 2.98. The first kappa shape index (κ1) is 8.73. The third-order valence-corrected chi connectivity index (χ3v) is 2.70. The first-order valence-electron chi connectivity index (χ1n) is 4.99. The topological polar surface area (TPSA) is 50.9 Å². The van der Waals surface area contributed by atoms with Crippen LogP contribution in [0.2, 0.25) is 0 Å². The molecule has 15 heavy (non-hydrogen) atoms. The minimum atomic E-state index is -0.380. The van der Waals surface area contributed by atoms with Gasteiger partial charge >= 0.3 is 6.09 Å². The molecule has 2 fully saturated rings. The van der Waals surface area contributed by atoms with Gasteiger partial charge < -0.3 is 14.8 Å². The molecule has 4 heteroatoms. The Bertz CT molecular complexity index is 379. The molecule has 0 bridgehead atoms. The van der Waals surface area contributed by atoms with Crippen LogP contribution < -0.4 is 5.32 Å². The van der Waals surface area contributed by atoms with Gasteiger partial charge in [-0.05, 0) is 12.0 Å². The van der Waals surface area contributed by atoms with Gasteiger partial charge in [-0.2, -0.15) is 0 Å². The zero-order valence-corrected chi connectivity index (χ0v) is 8.05. The number of carbonyl (C=O) groups excluding carboxylic acids is 1. The molecule has 2 saturated heterocycles. The van der Waals surface area contributed by atoms with Crippen molar-refractivity contribution in [3.05, 3.63) is 35.9 Å². The number of epoxide rings is 1.